The number of hydrogen-bond acceptors (Lipinski definition) is 5. The molecule has 0 amide bonds. The van der Waals surface area contributed by atoms with Crippen molar-refractivity contribution in [1.82, 2.24) is 19.4 Å². The van der Waals surface area contributed by atoms with Crippen LogP contribution in [0.5, 0.6) is 0 Å². The second-order valence-electron chi connectivity index (χ2n) is 6.24. The van der Waals surface area contributed by atoms with Gasteiger partial charge < -0.3 is 9.80 Å². The van der Waals surface area contributed by atoms with Gasteiger partial charge in [-0.3, -0.25) is 4.40 Å². The first-order valence-corrected chi connectivity index (χ1v) is 8.52. The van der Waals surface area contributed by atoms with E-state index < -0.39 is 0 Å². The molecule has 1 saturated heterocycles. The summed E-state index contributed by atoms with van der Waals surface area (Å²) in [6.07, 6.45) is 5.62. The maximum absolute atomic E-state index is 4.93. The zero-order valence-electron chi connectivity index (χ0n) is 13.8. The third-order valence-electron chi connectivity index (χ3n) is 4.79. The van der Waals surface area contributed by atoms with E-state index in [-0.39, 0.29) is 0 Å². The molecule has 1 aliphatic heterocycles. The number of fused-ring (bicyclic) bond motifs is 3. The Bertz CT molecular complexity index is 1020. The van der Waals surface area contributed by atoms with Gasteiger partial charge in [0.05, 0.1) is 23.6 Å². The summed E-state index contributed by atoms with van der Waals surface area (Å²) in [4.78, 5) is 18.4. The van der Waals surface area contributed by atoms with Crippen molar-refractivity contribution >= 4 is 28.2 Å². The fourth-order valence-electron chi connectivity index (χ4n) is 3.51. The minimum Gasteiger partial charge on any atom is -0.353 e. The van der Waals surface area contributed by atoms with Crippen LogP contribution >= 0.6 is 0 Å². The molecular weight excluding hydrogens is 312 g/mol. The third kappa shape index (κ3) is 2.38. The first-order valence-electron chi connectivity index (χ1n) is 8.52. The number of rotatable bonds is 2. The molecular formula is C19H18N6. The van der Waals surface area contributed by atoms with E-state index in [1.54, 1.807) is 0 Å². The number of pyridine rings is 1. The monoisotopic (exact) mass is 330 g/mol. The Labute approximate surface area is 145 Å². The molecule has 0 atom stereocenters. The standard InChI is InChI=1S/C19H18N6/c1-2-6-16-15(5-1)22-19(17-13-20-14-25(16)17)24-11-9-23(10-12-24)18-7-3-4-8-21-18/h1-8,13-14H,9-12H2. The van der Waals surface area contributed by atoms with Crippen LogP contribution in [0.25, 0.3) is 16.6 Å². The topological polar surface area (TPSA) is 49.6 Å². The molecule has 6 heteroatoms. The van der Waals surface area contributed by atoms with E-state index in [1.165, 1.54) is 0 Å². The fourth-order valence-corrected chi connectivity index (χ4v) is 3.51. The normalized spacial score (nSPS) is 15.2. The molecule has 1 fully saturated rings. The molecule has 0 spiro atoms. The molecule has 6 nitrogen and oxygen atoms in total. The molecule has 0 unspecified atom stereocenters. The van der Waals surface area contributed by atoms with Crippen molar-refractivity contribution in [2.45, 2.75) is 0 Å². The van der Waals surface area contributed by atoms with Gasteiger partial charge in [0, 0.05) is 32.4 Å². The average Bonchev–Trinajstić information content (AvgIpc) is 3.18. The molecule has 0 N–H and O–H groups in total. The van der Waals surface area contributed by atoms with Crippen LogP contribution in [0.1, 0.15) is 0 Å². The predicted molar refractivity (Wildman–Crippen MR) is 99.2 cm³/mol. The summed E-state index contributed by atoms with van der Waals surface area (Å²) in [6, 6.07) is 14.3. The number of para-hydroxylation sites is 2. The van der Waals surface area contributed by atoms with E-state index in [4.69, 9.17) is 4.98 Å². The Kier molecular flexibility index (Phi) is 3.26. The number of hydrogen-bond donors (Lipinski definition) is 0. The lowest BCUT2D eigenvalue weighted by Crippen LogP contribution is -2.47. The van der Waals surface area contributed by atoms with Crippen molar-refractivity contribution in [2.24, 2.45) is 0 Å². The summed E-state index contributed by atoms with van der Waals surface area (Å²) >= 11 is 0. The van der Waals surface area contributed by atoms with Crippen LogP contribution in [0, 0.1) is 0 Å². The van der Waals surface area contributed by atoms with Crippen molar-refractivity contribution in [3.8, 4) is 0 Å². The van der Waals surface area contributed by atoms with E-state index >= 15 is 0 Å². The van der Waals surface area contributed by atoms with Crippen LogP contribution in [0.3, 0.4) is 0 Å². The molecule has 4 aromatic rings. The number of imidazole rings is 1. The molecule has 25 heavy (non-hydrogen) atoms. The smallest absolute Gasteiger partial charge is 0.155 e. The highest BCUT2D eigenvalue weighted by molar-refractivity contribution is 5.84. The molecule has 1 aliphatic rings. The second kappa shape index (κ2) is 5.73. The Hall–Kier alpha value is -3.15. The lowest BCUT2D eigenvalue weighted by Gasteiger charge is -2.36. The highest BCUT2D eigenvalue weighted by atomic mass is 15.3. The molecule has 0 aliphatic carbocycles. The second-order valence-corrected chi connectivity index (χ2v) is 6.24. The summed E-state index contributed by atoms with van der Waals surface area (Å²) in [5, 5.41) is 0. The molecule has 124 valence electrons. The summed E-state index contributed by atoms with van der Waals surface area (Å²) in [6.45, 7) is 3.71. The largest absolute Gasteiger partial charge is 0.353 e. The molecule has 4 heterocycles. The number of nitrogens with zero attached hydrogens (tertiary/aromatic N) is 6. The van der Waals surface area contributed by atoms with Crippen molar-refractivity contribution in [3.05, 3.63) is 61.2 Å². The van der Waals surface area contributed by atoms with Gasteiger partial charge >= 0.3 is 0 Å². The van der Waals surface area contributed by atoms with Gasteiger partial charge in [0.15, 0.2) is 5.82 Å². The van der Waals surface area contributed by atoms with Gasteiger partial charge in [-0.05, 0) is 24.3 Å². The maximum atomic E-state index is 4.93. The highest BCUT2D eigenvalue weighted by Crippen LogP contribution is 2.26. The van der Waals surface area contributed by atoms with Gasteiger partial charge in [0.2, 0.25) is 0 Å². The van der Waals surface area contributed by atoms with Crippen molar-refractivity contribution in [1.29, 1.82) is 0 Å². The van der Waals surface area contributed by atoms with E-state index in [0.29, 0.717) is 0 Å². The maximum Gasteiger partial charge on any atom is 0.155 e. The fraction of sp³-hybridized carbons (Fsp3) is 0.211. The van der Waals surface area contributed by atoms with Crippen molar-refractivity contribution < 1.29 is 0 Å². The lowest BCUT2D eigenvalue weighted by atomic mass is 10.2. The van der Waals surface area contributed by atoms with Crippen LogP contribution in [0.15, 0.2) is 61.2 Å². The van der Waals surface area contributed by atoms with Crippen molar-refractivity contribution in [3.63, 3.8) is 0 Å². The number of anilines is 2. The van der Waals surface area contributed by atoms with E-state index in [2.05, 4.69) is 42.4 Å². The summed E-state index contributed by atoms with van der Waals surface area (Å²) in [7, 11) is 0. The third-order valence-corrected chi connectivity index (χ3v) is 4.79. The SMILES string of the molecule is c1ccc(N2CCN(c3nc4ccccc4n4cncc34)CC2)nc1. The minimum absolute atomic E-state index is 0.919. The summed E-state index contributed by atoms with van der Waals surface area (Å²) in [5.74, 6) is 2.06. The Balaban J connectivity index is 1.49. The van der Waals surface area contributed by atoms with Gasteiger partial charge in [0.25, 0.3) is 0 Å². The van der Waals surface area contributed by atoms with Gasteiger partial charge in [-0.25, -0.2) is 15.0 Å². The molecule has 0 radical (unpaired) electrons. The van der Waals surface area contributed by atoms with E-state index in [9.17, 15) is 0 Å². The van der Waals surface area contributed by atoms with Gasteiger partial charge in [-0.2, -0.15) is 0 Å². The highest BCUT2D eigenvalue weighted by Gasteiger charge is 2.21. The van der Waals surface area contributed by atoms with Crippen LogP contribution in [0.4, 0.5) is 11.6 Å². The Morgan fingerprint density at radius 3 is 2.44 bits per heavy atom. The predicted octanol–water partition coefficient (Wildman–Crippen LogP) is 2.60. The number of piperazine rings is 1. The average molecular weight is 330 g/mol. The quantitative estimate of drug-likeness (QED) is 0.565. The zero-order valence-corrected chi connectivity index (χ0v) is 13.8. The molecule has 3 aromatic heterocycles. The molecule has 0 bridgehead atoms. The zero-order chi connectivity index (χ0) is 16.6. The van der Waals surface area contributed by atoms with Crippen molar-refractivity contribution in [2.75, 3.05) is 36.0 Å². The van der Waals surface area contributed by atoms with E-state index in [0.717, 1.165) is 54.4 Å². The van der Waals surface area contributed by atoms with Gasteiger partial charge in [-0.1, -0.05) is 18.2 Å². The first kappa shape index (κ1) is 14.2. The van der Waals surface area contributed by atoms with E-state index in [1.807, 2.05) is 43.0 Å². The van der Waals surface area contributed by atoms with Crippen LogP contribution in [-0.4, -0.2) is 45.5 Å². The van der Waals surface area contributed by atoms with Gasteiger partial charge in [-0.15, -0.1) is 0 Å². The van der Waals surface area contributed by atoms with Crippen LogP contribution in [0.2, 0.25) is 0 Å². The van der Waals surface area contributed by atoms with Crippen LogP contribution < -0.4 is 9.80 Å². The molecule has 1 aromatic carbocycles. The first-order chi connectivity index (χ1) is 12.4. The Morgan fingerprint density at radius 2 is 1.60 bits per heavy atom. The number of aromatic nitrogens is 4. The Morgan fingerprint density at radius 1 is 0.800 bits per heavy atom. The molecule has 0 saturated carbocycles. The lowest BCUT2D eigenvalue weighted by molar-refractivity contribution is 0.643. The minimum atomic E-state index is 0.919. The molecule has 5 rings (SSSR count). The number of benzene rings is 1. The summed E-state index contributed by atoms with van der Waals surface area (Å²) in [5.41, 5.74) is 3.14. The summed E-state index contributed by atoms with van der Waals surface area (Å²) < 4.78 is 2.13. The van der Waals surface area contributed by atoms with Crippen LogP contribution in [-0.2, 0) is 0 Å². The van der Waals surface area contributed by atoms with Gasteiger partial charge in [0.1, 0.15) is 11.3 Å².